The van der Waals surface area contributed by atoms with Gasteiger partial charge in [0.05, 0.1) is 22.4 Å². The number of hydrogen-bond acceptors (Lipinski definition) is 7. The van der Waals surface area contributed by atoms with E-state index >= 15 is 0 Å². The van der Waals surface area contributed by atoms with Gasteiger partial charge in [0.25, 0.3) is 0 Å². The molecule has 3 aromatic rings. The minimum atomic E-state index is -0.388. The zero-order chi connectivity index (χ0) is 17.8. The molecule has 0 saturated heterocycles. The van der Waals surface area contributed by atoms with Crippen molar-refractivity contribution in [1.82, 2.24) is 0 Å². The molecule has 0 fully saturated rings. The quantitative estimate of drug-likeness (QED) is 0.427. The van der Waals surface area contributed by atoms with Gasteiger partial charge in [-0.05, 0) is 43.2 Å². The Morgan fingerprint density at radius 3 is 2.00 bits per heavy atom. The van der Waals surface area contributed by atoms with Crippen molar-refractivity contribution in [3.8, 4) is 11.3 Å². The predicted octanol–water partition coefficient (Wildman–Crippen LogP) is 1.99. The molecule has 0 atom stereocenters. The lowest BCUT2D eigenvalue weighted by Gasteiger charge is -2.13. The van der Waals surface area contributed by atoms with Crippen LogP contribution in [-0.2, 0) is 0 Å². The molecule has 0 aliphatic rings. The Kier molecular flexibility index (Phi) is 3.30. The SMILES string of the molecule is Cc1cc2oc(-c3cc(N)c(N)c(N)c3)c(N)c(=O)c2c(N)c1C. The van der Waals surface area contributed by atoms with Gasteiger partial charge >= 0.3 is 0 Å². The molecule has 0 aliphatic heterocycles. The fraction of sp³-hybridized carbons (Fsp3) is 0.118. The van der Waals surface area contributed by atoms with E-state index in [1.165, 1.54) is 0 Å². The zero-order valence-corrected chi connectivity index (χ0v) is 13.4. The highest BCUT2D eigenvalue weighted by atomic mass is 16.3. The van der Waals surface area contributed by atoms with Crippen molar-refractivity contribution in [2.75, 3.05) is 28.7 Å². The molecular weight excluding hydrogens is 306 g/mol. The summed E-state index contributed by atoms with van der Waals surface area (Å²) >= 11 is 0. The van der Waals surface area contributed by atoms with Crippen LogP contribution in [0.1, 0.15) is 11.1 Å². The van der Waals surface area contributed by atoms with Crippen LogP contribution in [0.5, 0.6) is 0 Å². The number of hydrogen-bond donors (Lipinski definition) is 5. The zero-order valence-electron chi connectivity index (χ0n) is 13.4. The summed E-state index contributed by atoms with van der Waals surface area (Å²) in [6.07, 6.45) is 0. The Morgan fingerprint density at radius 1 is 0.833 bits per heavy atom. The molecule has 24 heavy (non-hydrogen) atoms. The third kappa shape index (κ3) is 2.10. The van der Waals surface area contributed by atoms with Crippen LogP contribution in [0.3, 0.4) is 0 Å². The van der Waals surface area contributed by atoms with E-state index in [0.29, 0.717) is 16.8 Å². The average Bonchev–Trinajstić information content (AvgIpc) is 2.53. The number of aryl methyl sites for hydroxylation is 1. The molecular formula is C17H19N5O2. The first-order valence-electron chi connectivity index (χ1n) is 7.29. The van der Waals surface area contributed by atoms with Crippen LogP contribution < -0.4 is 34.1 Å². The Labute approximate surface area is 138 Å². The first-order valence-corrected chi connectivity index (χ1v) is 7.29. The Hall–Kier alpha value is -3.35. The summed E-state index contributed by atoms with van der Waals surface area (Å²) in [6.45, 7) is 3.73. The topological polar surface area (TPSA) is 160 Å². The van der Waals surface area contributed by atoms with Gasteiger partial charge < -0.3 is 33.1 Å². The van der Waals surface area contributed by atoms with Crippen LogP contribution in [0.2, 0.25) is 0 Å². The lowest BCUT2D eigenvalue weighted by molar-refractivity contribution is 0.621. The lowest BCUT2D eigenvalue weighted by Crippen LogP contribution is -2.13. The van der Waals surface area contributed by atoms with Gasteiger partial charge in [0.2, 0.25) is 5.43 Å². The van der Waals surface area contributed by atoms with Crippen LogP contribution in [-0.4, -0.2) is 0 Å². The molecule has 0 spiro atoms. The second-order valence-corrected chi connectivity index (χ2v) is 5.85. The van der Waals surface area contributed by atoms with Crippen LogP contribution in [0.15, 0.2) is 27.4 Å². The number of anilines is 5. The highest BCUT2D eigenvalue weighted by Crippen LogP contribution is 2.35. The summed E-state index contributed by atoms with van der Waals surface area (Å²) in [7, 11) is 0. The van der Waals surface area contributed by atoms with Crippen LogP contribution >= 0.6 is 0 Å². The summed E-state index contributed by atoms with van der Waals surface area (Å²) < 4.78 is 5.87. The minimum Gasteiger partial charge on any atom is -0.454 e. The summed E-state index contributed by atoms with van der Waals surface area (Å²) in [5.41, 5.74) is 32.9. The van der Waals surface area contributed by atoms with Crippen molar-refractivity contribution in [2.24, 2.45) is 0 Å². The van der Waals surface area contributed by atoms with Gasteiger partial charge in [0.15, 0.2) is 5.76 Å². The molecule has 0 unspecified atom stereocenters. The number of fused-ring (bicyclic) bond motifs is 1. The third-order valence-corrected chi connectivity index (χ3v) is 4.29. The number of benzene rings is 2. The Morgan fingerprint density at radius 2 is 1.42 bits per heavy atom. The molecule has 3 rings (SSSR count). The monoisotopic (exact) mass is 325 g/mol. The van der Waals surface area contributed by atoms with Gasteiger partial charge in [-0.2, -0.15) is 0 Å². The number of rotatable bonds is 1. The summed E-state index contributed by atoms with van der Waals surface area (Å²) in [4.78, 5) is 12.7. The number of nitrogens with two attached hydrogens (primary N) is 5. The Balaban J connectivity index is 2.41. The summed E-state index contributed by atoms with van der Waals surface area (Å²) in [5, 5.41) is 0.274. The normalized spacial score (nSPS) is 11.1. The van der Waals surface area contributed by atoms with Gasteiger partial charge in [0.1, 0.15) is 11.3 Å². The predicted molar refractivity (Wildman–Crippen MR) is 99.5 cm³/mol. The van der Waals surface area contributed by atoms with Crippen molar-refractivity contribution in [1.29, 1.82) is 0 Å². The van der Waals surface area contributed by atoms with E-state index < -0.39 is 0 Å². The van der Waals surface area contributed by atoms with Crippen molar-refractivity contribution in [2.45, 2.75) is 13.8 Å². The minimum absolute atomic E-state index is 0.0546. The van der Waals surface area contributed by atoms with Gasteiger partial charge in [-0.15, -0.1) is 0 Å². The van der Waals surface area contributed by atoms with Gasteiger partial charge in [-0.3, -0.25) is 4.79 Å². The van der Waals surface area contributed by atoms with Gasteiger partial charge in [-0.1, -0.05) is 0 Å². The number of nitrogen functional groups attached to an aromatic ring is 5. The molecule has 10 N–H and O–H groups in total. The maximum absolute atomic E-state index is 12.7. The van der Waals surface area contributed by atoms with E-state index in [1.807, 2.05) is 13.8 Å². The van der Waals surface area contributed by atoms with Gasteiger partial charge in [-0.25, -0.2) is 0 Å². The third-order valence-electron chi connectivity index (χ3n) is 4.29. The summed E-state index contributed by atoms with van der Waals surface area (Å²) in [5.74, 6) is 0.188. The van der Waals surface area contributed by atoms with Crippen molar-refractivity contribution >= 4 is 39.4 Å². The molecule has 0 radical (unpaired) electrons. The van der Waals surface area contributed by atoms with Crippen LogP contribution in [0.25, 0.3) is 22.3 Å². The molecule has 2 aromatic carbocycles. The molecule has 1 heterocycles. The van der Waals surface area contributed by atoms with Crippen molar-refractivity contribution in [3.63, 3.8) is 0 Å². The molecule has 124 valence electrons. The van der Waals surface area contributed by atoms with Crippen LogP contribution in [0, 0.1) is 13.8 Å². The van der Waals surface area contributed by atoms with E-state index in [9.17, 15) is 4.79 Å². The largest absolute Gasteiger partial charge is 0.454 e. The van der Waals surface area contributed by atoms with E-state index in [1.54, 1.807) is 18.2 Å². The molecule has 7 heteroatoms. The molecule has 1 aromatic heterocycles. The maximum atomic E-state index is 12.7. The second kappa shape index (κ2) is 5.09. The summed E-state index contributed by atoms with van der Waals surface area (Å²) in [6, 6.07) is 4.89. The lowest BCUT2D eigenvalue weighted by atomic mass is 10.0. The van der Waals surface area contributed by atoms with E-state index in [2.05, 4.69) is 0 Å². The first kappa shape index (κ1) is 15.5. The van der Waals surface area contributed by atoms with E-state index in [4.69, 9.17) is 33.1 Å². The van der Waals surface area contributed by atoms with E-state index in [-0.39, 0.29) is 39.3 Å². The standard InChI is InChI=1S/C17H19N5O2/c1-6-3-11-12(13(20)7(6)2)16(23)15(22)17(24-11)8-4-9(18)14(21)10(19)5-8/h3-5H,18-22H2,1-2H3. The molecule has 0 aliphatic carbocycles. The molecule has 0 saturated carbocycles. The molecule has 0 amide bonds. The van der Waals surface area contributed by atoms with Crippen LogP contribution in [0.4, 0.5) is 28.4 Å². The van der Waals surface area contributed by atoms with E-state index in [0.717, 1.165) is 11.1 Å². The smallest absolute Gasteiger partial charge is 0.218 e. The van der Waals surface area contributed by atoms with Gasteiger partial charge in [0, 0.05) is 11.3 Å². The van der Waals surface area contributed by atoms with Crippen molar-refractivity contribution < 1.29 is 4.42 Å². The Bertz CT molecular complexity index is 1030. The first-order chi connectivity index (χ1) is 11.2. The maximum Gasteiger partial charge on any atom is 0.218 e. The molecule has 7 nitrogen and oxygen atoms in total. The van der Waals surface area contributed by atoms with Crippen molar-refractivity contribution in [3.05, 3.63) is 39.5 Å². The highest BCUT2D eigenvalue weighted by Gasteiger charge is 2.18. The highest BCUT2D eigenvalue weighted by molar-refractivity contribution is 5.96. The average molecular weight is 325 g/mol. The fourth-order valence-electron chi connectivity index (χ4n) is 2.67. The molecule has 0 bridgehead atoms. The second-order valence-electron chi connectivity index (χ2n) is 5.85. The fourth-order valence-corrected chi connectivity index (χ4v) is 2.67.